The molecular weight excluding hydrogens is 611 g/mol. The first-order chi connectivity index (χ1) is 21.0. The lowest BCUT2D eigenvalue weighted by Gasteiger charge is -2.41. The van der Waals surface area contributed by atoms with E-state index in [1.54, 1.807) is 11.0 Å². The van der Waals surface area contributed by atoms with Gasteiger partial charge in [0.2, 0.25) is 0 Å². The van der Waals surface area contributed by atoms with Gasteiger partial charge in [0.05, 0.1) is 21.8 Å². The Morgan fingerprint density at radius 2 is 1.84 bits per heavy atom. The molecule has 1 aromatic carbocycles. The normalized spacial score (nSPS) is 19.8. The summed E-state index contributed by atoms with van der Waals surface area (Å²) in [5.74, 6) is 0.448. The van der Waals surface area contributed by atoms with E-state index in [2.05, 4.69) is 14.9 Å². The number of fused-ring (bicyclic) bond motifs is 1. The van der Waals surface area contributed by atoms with E-state index in [-0.39, 0.29) is 45.8 Å². The lowest BCUT2D eigenvalue weighted by molar-refractivity contribution is -0.137. The number of ether oxygens (including phenoxy) is 2. The average Bonchev–Trinajstić information content (AvgIpc) is 3.33. The number of amides is 1. The van der Waals surface area contributed by atoms with Crippen molar-refractivity contribution in [2.75, 3.05) is 50.5 Å². The van der Waals surface area contributed by atoms with Crippen LogP contribution in [0.1, 0.15) is 51.7 Å². The second-order valence-electron chi connectivity index (χ2n) is 12.8. The van der Waals surface area contributed by atoms with Gasteiger partial charge in [-0.05, 0) is 84.8 Å². The number of hydrogen-bond acceptors (Lipinski definition) is 9. The van der Waals surface area contributed by atoms with Crippen molar-refractivity contribution in [2.45, 2.75) is 71.3 Å². The van der Waals surface area contributed by atoms with Crippen LogP contribution in [0, 0.1) is 6.92 Å². The highest BCUT2D eigenvalue weighted by atomic mass is 35.5. The van der Waals surface area contributed by atoms with Gasteiger partial charge in [-0.15, -0.1) is 0 Å². The van der Waals surface area contributed by atoms with Crippen molar-refractivity contribution in [3.63, 3.8) is 0 Å². The zero-order valence-electron chi connectivity index (χ0n) is 26.3. The predicted octanol–water partition coefficient (Wildman–Crippen LogP) is 6.17. The molecule has 3 aromatic rings. The van der Waals surface area contributed by atoms with E-state index in [1.165, 1.54) is 19.1 Å². The van der Waals surface area contributed by atoms with E-state index in [4.69, 9.17) is 31.8 Å². The van der Waals surface area contributed by atoms with Crippen molar-refractivity contribution < 1.29 is 27.4 Å². The van der Waals surface area contributed by atoms with Gasteiger partial charge in [0.15, 0.2) is 0 Å². The van der Waals surface area contributed by atoms with Crippen LogP contribution in [0.2, 0.25) is 5.02 Å². The number of likely N-dealkylation sites (N-methyl/N-ethyl adjacent to an activating group) is 1. The third-order valence-electron chi connectivity index (χ3n) is 8.15. The number of pyridine rings is 1. The van der Waals surface area contributed by atoms with Crippen LogP contribution >= 0.6 is 11.6 Å². The van der Waals surface area contributed by atoms with Crippen molar-refractivity contribution in [3.8, 4) is 17.3 Å². The number of likely N-dealkylation sites (tertiary alicyclic amines) is 1. The molecule has 2 N–H and O–H groups in total. The van der Waals surface area contributed by atoms with Crippen LogP contribution in [0.3, 0.4) is 0 Å². The summed E-state index contributed by atoms with van der Waals surface area (Å²) in [4.78, 5) is 32.2. The van der Waals surface area contributed by atoms with Gasteiger partial charge < -0.3 is 29.9 Å². The van der Waals surface area contributed by atoms with Crippen LogP contribution in [-0.2, 0) is 10.9 Å². The number of halogens is 4. The number of nitrogens with zero attached hydrogens (tertiary/aromatic N) is 6. The predicted molar refractivity (Wildman–Crippen MR) is 168 cm³/mol. The van der Waals surface area contributed by atoms with E-state index in [1.807, 2.05) is 39.6 Å². The Bertz CT molecular complexity index is 1600. The van der Waals surface area contributed by atoms with Gasteiger partial charge in [-0.3, -0.25) is 0 Å². The van der Waals surface area contributed by atoms with Gasteiger partial charge in [0.1, 0.15) is 23.8 Å². The molecule has 2 aliphatic heterocycles. The number of piperazine rings is 1. The van der Waals surface area contributed by atoms with Crippen LogP contribution in [0.5, 0.6) is 6.01 Å². The summed E-state index contributed by atoms with van der Waals surface area (Å²) < 4.78 is 54.4. The molecule has 4 heterocycles. The van der Waals surface area contributed by atoms with Crippen molar-refractivity contribution >= 4 is 40.2 Å². The Hall–Kier alpha value is -3.58. The second kappa shape index (κ2) is 12.3. The first kappa shape index (κ1) is 32.8. The van der Waals surface area contributed by atoms with Crippen LogP contribution in [0.15, 0.2) is 18.2 Å². The molecule has 5 rings (SSSR count). The number of aryl methyl sites for hydroxylation is 1. The molecule has 0 radical (unpaired) electrons. The van der Waals surface area contributed by atoms with E-state index >= 15 is 0 Å². The first-order valence-electron chi connectivity index (χ1n) is 15.0. The maximum absolute atomic E-state index is 14.2. The Balaban J connectivity index is 1.58. The monoisotopic (exact) mass is 649 g/mol. The number of nitrogens with two attached hydrogens (primary N) is 1. The number of hydrogen-bond donors (Lipinski definition) is 1. The minimum absolute atomic E-state index is 0.0386. The van der Waals surface area contributed by atoms with E-state index in [9.17, 15) is 18.0 Å². The highest BCUT2D eigenvalue weighted by Crippen LogP contribution is 2.43. The summed E-state index contributed by atoms with van der Waals surface area (Å²) >= 11 is 6.71. The van der Waals surface area contributed by atoms with Crippen LogP contribution < -0.4 is 15.4 Å². The molecule has 45 heavy (non-hydrogen) atoms. The maximum atomic E-state index is 14.2. The molecule has 1 amide bonds. The molecule has 0 bridgehead atoms. The van der Waals surface area contributed by atoms with Crippen molar-refractivity contribution in [1.29, 1.82) is 0 Å². The Labute approximate surface area is 265 Å². The van der Waals surface area contributed by atoms with Crippen molar-refractivity contribution in [1.82, 2.24) is 24.8 Å². The molecule has 1 unspecified atom stereocenters. The molecule has 2 saturated heterocycles. The van der Waals surface area contributed by atoms with Gasteiger partial charge in [0.25, 0.3) is 0 Å². The Morgan fingerprint density at radius 3 is 2.47 bits per heavy atom. The number of benzene rings is 1. The fourth-order valence-corrected chi connectivity index (χ4v) is 6.21. The first-order valence-corrected chi connectivity index (χ1v) is 15.3. The largest absolute Gasteiger partial charge is 0.462 e. The molecule has 2 aliphatic rings. The molecule has 10 nitrogen and oxygen atoms in total. The highest BCUT2D eigenvalue weighted by molar-refractivity contribution is 6.34. The number of anilines is 2. The zero-order chi connectivity index (χ0) is 32.8. The standard InChI is InChI=1S/C31H39ClF3N7O3/c1-17-12-24(36)38-26(25(17)31(33,34)35)20-14-23-21(13-22(20)32)27(39-28(37-23)44-16-19-8-7-9-40(19)6)42-11-10-41(15-18(42)2)29(43)45-30(3,4)5/h12-14,18-19H,7-11,15-16H2,1-6H3,(H2,36,38)/t18?,19-/m0/s1. The van der Waals surface area contributed by atoms with E-state index in [0.29, 0.717) is 43.0 Å². The molecule has 2 aromatic heterocycles. The lowest BCUT2D eigenvalue weighted by atomic mass is 9.99. The Kier molecular flexibility index (Phi) is 8.98. The molecule has 0 spiro atoms. The summed E-state index contributed by atoms with van der Waals surface area (Å²) in [5, 5.41) is 0.567. The smallest absolute Gasteiger partial charge is 0.418 e. The summed E-state index contributed by atoms with van der Waals surface area (Å²) in [6, 6.07) is 4.33. The Morgan fingerprint density at radius 1 is 1.11 bits per heavy atom. The number of nitrogen functional groups attached to an aromatic ring is 1. The third kappa shape index (κ3) is 7.14. The van der Waals surface area contributed by atoms with Crippen LogP contribution in [0.25, 0.3) is 22.2 Å². The van der Waals surface area contributed by atoms with Gasteiger partial charge in [-0.1, -0.05) is 11.6 Å². The molecule has 244 valence electrons. The molecule has 2 fully saturated rings. The topological polar surface area (TPSA) is 110 Å². The van der Waals surface area contributed by atoms with Crippen molar-refractivity contribution in [3.05, 3.63) is 34.3 Å². The number of carbonyl (C=O) groups excluding carboxylic acids is 1. The summed E-state index contributed by atoms with van der Waals surface area (Å²) in [6.07, 6.45) is -3.06. The summed E-state index contributed by atoms with van der Waals surface area (Å²) in [6.45, 7) is 11.2. The molecule has 2 atom stereocenters. The van der Waals surface area contributed by atoms with Gasteiger partial charge in [-0.25, -0.2) is 9.78 Å². The maximum Gasteiger partial charge on any atom is 0.418 e. The fourth-order valence-electron chi connectivity index (χ4n) is 5.95. The molecular formula is C31H39ClF3N7O3. The van der Waals surface area contributed by atoms with Crippen LogP contribution in [-0.4, -0.2) is 88.4 Å². The van der Waals surface area contributed by atoms with Gasteiger partial charge in [-0.2, -0.15) is 23.1 Å². The quantitative estimate of drug-likeness (QED) is 0.347. The zero-order valence-corrected chi connectivity index (χ0v) is 27.1. The highest BCUT2D eigenvalue weighted by Gasteiger charge is 2.38. The fraction of sp³-hybridized carbons (Fsp3) is 0.548. The van der Waals surface area contributed by atoms with Gasteiger partial charge >= 0.3 is 18.3 Å². The molecule has 0 saturated carbocycles. The average molecular weight is 650 g/mol. The lowest BCUT2D eigenvalue weighted by Crippen LogP contribution is -2.54. The van der Waals surface area contributed by atoms with E-state index in [0.717, 1.165) is 19.4 Å². The van der Waals surface area contributed by atoms with Gasteiger partial charge in [0, 0.05) is 42.7 Å². The third-order valence-corrected chi connectivity index (χ3v) is 8.46. The SMILES string of the molecule is Cc1cc(N)nc(-c2cc3nc(OC[C@@H]4CCCN4C)nc(N4CCN(C(=O)OC(C)(C)C)CC4C)c3cc2Cl)c1C(F)(F)F. The number of alkyl halides is 3. The van der Waals surface area contributed by atoms with E-state index < -0.39 is 23.4 Å². The molecule has 14 heteroatoms. The number of aromatic nitrogens is 3. The van der Waals surface area contributed by atoms with Crippen molar-refractivity contribution in [2.24, 2.45) is 0 Å². The second-order valence-corrected chi connectivity index (χ2v) is 13.2. The minimum Gasteiger partial charge on any atom is -0.462 e. The number of rotatable bonds is 5. The number of carbonyl (C=O) groups is 1. The summed E-state index contributed by atoms with van der Waals surface area (Å²) in [7, 11) is 2.03. The summed E-state index contributed by atoms with van der Waals surface area (Å²) in [5.41, 5.74) is 4.29. The minimum atomic E-state index is -4.69. The molecule has 0 aliphatic carbocycles. The van der Waals surface area contributed by atoms with Crippen LogP contribution in [0.4, 0.5) is 29.6 Å².